The zero-order valence-corrected chi connectivity index (χ0v) is 13.6. The number of carbonyl (C=O) groups excluding carboxylic acids is 1. The lowest BCUT2D eigenvalue weighted by Crippen LogP contribution is -2.24. The fourth-order valence-electron chi connectivity index (χ4n) is 2.21. The molecule has 2 aromatic rings. The van der Waals surface area contributed by atoms with Gasteiger partial charge in [0, 0.05) is 17.7 Å². The minimum Gasteiger partial charge on any atom is -0.497 e. The van der Waals surface area contributed by atoms with Gasteiger partial charge in [-0.1, -0.05) is 30.3 Å². The summed E-state index contributed by atoms with van der Waals surface area (Å²) in [7, 11) is 3.19. The lowest BCUT2D eigenvalue weighted by molar-refractivity contribution is -0.117. The molecule has 120 valence electrons. The van der Waals surface area contributed by atoms with Crippen molar-refractivity contribution in [2.45, 2.75) is 13.0 Å². The number of rotatable bonds is 6. The van der Waals surface area contributed by atoms with Gasteiger partial charge in [0.2, 0.25) is 5.91 Å². The van der Waals surface area contributed by atoms with Crippen LogP contribution in [-0.2, 0) is 4.79 Å². The molecule has 0 aromatic heterocycles. The molecule has 1 amide bonds. The fourth-order valence-corrected chi connectivity index (χ4v) is 2.21. The smallest absolute Gasteiger partial charge is 0.244 e. The van der Waals surface area contributed by atoms with Crippen molar-refractivity contribution in [3.05, 3.63) is 65.7 Å². The van der Waals surface area contributed by atoms with Gasteiger partial charge in [0.15, 0.2) is 0 Å². The Hall–Kier alpha value is -2.75. The fraction of sp³-hybridized carbons (Fsp3) is 0.211. The van der Waals surface area contributed by atoms with Crippen molar-refractivity contribution in [2.75, 3.05) is 14.2 Å². The van der Waals surface area contributed by atoms with Crippen LogP contribution in [0.4, 0.5) is 0 Å². The van der Waals surface area contributed by atoms with Crippen molar-refractivity contribution in [3.63, 3.8) is 0 Å². The third-order valence-electron chi connectivity index (χ3n) is 3.51. The van der Waals surface area contributed by atoms with Crippen molar-refractivity contribution in [2.24, 2.45) is 0 Å². The quantitative estimate of drug-likeness (QED) is 0.829. The molecule has 1 unspecified atom stereocenters. The Labute approximate surface area is 136 Å². The molecule has 4 nitrogen and oxygen atoms in total. The summed E-state index contributed by atoms with van der Waals surface area (Å²) in [6.07, 6.45) is 3.23. The van der Waals surface area contributed by atoms with Crippen LogP contribution in [0.5, 0.6) is 11.5 Å². The molecule has 2 rings (SSSR count). The van der Waals surface area contributed by atoms with E-state index in [1.807, 2.05) is 49.4 Å². The van der Waals surface area contributed by atoms with E-state index in [9.17, 15) is 4.79 Å². The van der Waals surface area contributed by atoms with Crippen LogP contribution in [0.3, 0.4) is 0 Å². The highest BCUT2D eigenvalue weighted by Crippen LogP contribution is 2.25. The summed E-state index contributed by atoms with van der Waals surface area (Å²) in [6, 6.07) is 15.2. The highest BCUT2D eigenvalue weighted by molar-refractivity contribution is 5.92. The van der Waals surface area contributed by atoms with Gasteiger partial charge in [0.1, 0.15) is 11.5 Å². The van der Waals surface area contributed by atoms with E-state index in [2.05, 4.69) is 5.32 Å². The molecule has 2 aromatic carbocycles. The summed E-state index contributed by atoms with van der Waals surface area (Å²) in [6.45, 7) is 1.95. The van der Waals surface area contributed by atoms with Gasteiger partial charge < -0.3 is 14.8 Å². The van der Waals surface area contributed by atoms with Gasteiger partial charge in [0.05, 0.1) is 20.3 Å². The standard InChI is InChI=1S/C19H21NO3/c1-14(15-7-5-4-6-8-15)20-19(21)12-10-16-9-11-17(22-2)13-18(16)23-3/h4-14H,1-3H3,(H,20,21). The third kappa shape index (κ3) is 4.61. The third-order valence-corrected chi connectivity index (χ3v) is 3.51. The van der Waals surface area contributed by atoms with Gasteiger partial charge >= 0.3 is 0 Å². The van der Waals surface area contributed by atoms with E-state index in [0.717, 1.165) is 11.1 Å². The topological polar surface area (TPSA) is 47.6 Å². The molecule has 1 atom stereocenters. The molecule has 0 aliphatic heterocycles. The normalized spacial score (nSPS) is 12.0. The van der Waals surface area contributed by atoms with Crippen LogP contribution in [0.1, 0.15) is 24.1 Å². The van der Waals surface area contributed by atoms with Crippen molar-refractivity contribution >= 4 is 12.0 Å². The van der Waals surface area contributed by atoms with Crippen molar-refractivity contribution in [1.29, 1.82) is 0 Å². The summed E-state index contributed by atoms with van der Waals surface area (Å²) < 4.78 is 10.5. The SMILES string of the molecule is COc1ccc(C=CC(=O)NC(C)c2ccccc2)c(OC)c1. The Bertz CT molecular complexity index is 680. The van der Waals surface area contributed by atoms with Gasteiger partial charge in [0.25, 0.3) is 0 Å². The molecule has 0 spiro atoms. The first-order chi connectivity index (χ1) is 11.1. The molecule has 0 heterocycles. The second-order valence-corrected chi connectivity index (χ2v) is 5.08. The van der Waals surface area contributed by atoms with Gasteiger partial charge in [-0.15, -0.1) is 0 Å². The Morgan fingerprint density at radius 1 is 1.09 bits per heavy atom. The second kappa shape index (κ2) is 8.03. The average Bonchev–Trinajstić information content (AvgIpc) is 2.60. The maximum atomic E-state index is 12.1. The average molecular weight is 311 g/mol. The van der Waals surface area contributed by atoms with Crippen LogP contribution in [-0.4, -0.2) is 20.1 Å². The van der Waals surface area contributed by atoms with Crippen LogP contribution in [0.25, 0.3) is 6.08 Å². The Balaban J connectivity index is 2.04. The van der Waals surface area contributed by atoms with Crippen LogP contribution in [0.15, 0.2) is 54.6 Å². The maximum absolute atomic E-state index is 12.1. The summed E-state index contributed by atoms with van der Waals surface area (Å²) in [5.41, 5.74) is 1.88. The number of amides is 1. The minimum atomic E-state index is -0.153. The number of nitrogens with one attached hydrogen (secondary N) is 1. The predicted molar refractivity (Wildman–Crippen MR) is 91.6 cm³/mol. The molecule has 0 saturated carbocycles. The molecular formula is C19H21NO3. The molecule has 0 aliphatic carbocycles. The number of methoxy groups -OCH3 is 2. The number of hydrogen-bond acceptors (Lipinski definition) is 3. The van der Waals surface area contributed by atoms with E-state index in [4.69, 9.17) is 9.47 Å². The number of benzene rings is 2. The van der Waals surface area contributed by atoms with Crippen molar-refractivity contribution in [3.8, 4) is 11.5 Å². The van der Waals surface area contributed by atoms with Crippen molar-refractivity contribution < 1.29 is 14.3 Å². The first kappa shape index (κ1) is 16.6. The molecule has 0 aliphatic rings. The molecule has 1 N–H and O–H groups in total. The number of hydrogen-bond donors (Lipinski definition) is 1. The molecule has 0 fully saturated rings. The lowest BCUT2D eigenvalue weighted by atomic mass is 10.1. The maximum Gasteiger partial charge on any atom is 0.244 e. The highest BCUT2D eigenvalue weighted by atomic mass is 16.5. The summed E-state index contributed by atoms with van der Waals surface area (Å²) >= 11 is 0. The first-order valence-electron chi connectivity index (χ1n) is 7.39. The minimum absolute atomic E-state index is 0.0499. The Morgan fingerprint density at radius 3 is 2.48 bits per heavy atom. The monoisotopic (exact) mass is 311 g/mol. The lowest BCUT2D eigenvalue weighted by Gasteiger charge is -2.12. The van der Waals surface area contributed by atoms with E-state index in [1.165, 1.54) is 6.08 Å². The molecule has 0 saturated heterocycles. The largest absolute Gasteiger partial charge is 0.497 e. The first-order valence-corrected chi connectivity index (χ1v) is 7.39. The van der Waals surface area contributed by atoms with E-state index in [0.29, 0.717) is 11.5 Å². The molecule has 4 heteroatoms. The van der Waals surface area contributed by atoms with Crippen LogP contribution < -0.4 is 14.8 Å². The highest BCUT2D eigenvalue weighted by Gasteiger charge is 2.07. The van der Waals surface area contributed by atoms with Crippen LogP contribution >= 0.6 is 0 Å². The number of carbonyl (C=O) groups is 1. The summed E-state index contributed by atoms with van der Waals surface area (Å²) in [5.74, 6) is 1.21. The molecule has 0 radical (unpaired) electrons. The van der Waals surface area contributed by atoms with Crippen LogP contribution in [0.2, 0.25) is 0 Å². The van der Waals surface area contributed by atoms with Gasteiger partial charge in [-0.3, -0.25) is 4.79 Å². The summed E-state index contributed by atoms with van der Waals surface area (Å²) in [4.78, 5) is 12.1. The van der Waals surface area contributed by atoms with E-state index >= 15 is 0 Å². The van der Waals surface area contributed by atoms with Gasteiger partial charge in [-0.25, -0.2) is 0 Å². The van der Waals surface area contributed by atoms with Gasteiger partial charge in [-0.2, -0.15) is 0 Å². The zero-order chi connectivity index (χ0) is 16.7. The van der Waals surface area contributed by atoms with Gasteiger partial charge in [-0.05, 0) is 30.7 Å². The number of ether oxygens (including phenoxy) is 2. The predicted octanol–water partition coefficient (Wildman–Crippen LogP) is 3.59. The molecular weight excluding hydrogens is 290 g/mol. The summed E-state index contributed by atoms with van der Waals surface area (Å²) in [5, 5.41) is 2.94. The second-order valence-electron chi connectivity index (χ2n) is 5.08. The molecule has 0 bridgehead atoms. The Kier molecular flexibility index (Phi) is 5.80. The zero-order valence-electron chi connectivity index (χ0n) is 13.6. The molecule has 23 heavy (non-hydrogen) atoms. The van der Waals surface area contributed by atoms with Crippen molar-refractivity contribution in [1.82, 2.24) is 5.32 Å². The van der Waals surface area contributed by atoms with E-state index in [-0.39, 0.29) is 11.9 Å². The van der Waals surface area contributed by atoms with E-state index < -0.39 is 0 Å². The Morgan fingerprint density at radius 2 is 1.83 bits per heavy atom. The van der Waals surface area contributed by atoms with E-state index in [1.54, 1.807) is 26.4 Å². The van der Waals surface area contributed by atoms with Crippen LogP contribution in [0, 0.1) is 0 Å².